The van der Waals surface area contributed by atoms with E-state index in [1.54, 1.807) is 0 Å². The molecule has 0 radical (unpaired) electrons. The number of halogens is 4. The Morgan fingerprint density at radius 2 is 1.56 bits per heavy atom. The van der Waals surface area contributed by atoms with E-state index < -0.39 is 18.2 Å². The molecule has 0 bridgehead atoms. The fraction of sp³-hybridized carbons (Fsp3) is 0.364. The Morgan fingerprint density at radius 3 is 2.16 bits per heavy atom. The number of ether oxygens (including phenoxy) is 1. The summed E-state index contributed by atoms with van der Waals surface area (Å²) in [6.45, 7) is 3.57. The minimum absolute atomic E-state index is 0.0524. The molecule has 0 aliphatic carbocycles. The van der Waals surface area contributed by atoms with Gasteiger partial charge in [0.15, 0.2) is 0 Å². The third kappa shape index (κ3) is 5.23. The van der Waals surface area contributed by atoms with E-state index in [1.807, 2.05) is 29.2 Å². The highest BCUT2D eigenvalue weighted by Crippen LogP contribution is 2.30. The molecule has 0 N–H and O–H groups in total. The molecule has 2 saturated heterocycles. The molecule has 0 saturated carbocycles. The lowest BCUT2D eigenvalue weighted by Gasteiger charge is -2.37. The minimum atomic E-state index is -4.80. The molecule has 2 fully saturated rings. The van der Waals surface area contributed by atoms with Gasteiger partial charge >= 0.3 is 6.36 Å². The van der Waals surface area contributed by atoms with Gasteiger partial charge in [0.2, 0.25) is 5.91 Å². The lowest BCUT2D eigenvalue weighted by atomic mass is 10.1. The van der Waals surface area contributed by atoms with Crippen molar-refractivity contribution in [2.75, 3.05) is 31.1 Å². The number of carbonyl (C=O) groups is 2. The second-order valence-electron chi connectivity index (χ2n) is 7.77. The molecule has 4 rings (SSSR count). The van der Waals surface area contributed by atoms with Gasteiger partial charge in [0.1, 0.15) is 5.75 Å². The Bertz CT molecular complexity index is 975. The number of hydrogen-bond donors (Lipinski definition) is 0. The van der Waals surface area contributed by atoms with Crippen molar-refractivity contribution in [3.63, 3.8) is 0 Å². The Morgan fingerprint density at radius 1 is 0.938 bits per heavy atom. The van der Waals surface area contributed by atoms with E-state index in [9.17, 15) is 22.8 Å². The van der Waals surface area contributed by atoms with Gasteiger partial charge in [-0.25, -0.2) is 4.90 Å². The maximum atomic E-state index is 13.0. The van der Waals surface area contributed by atoms with Gasteiger partial charge in [0.05, 0.1) is 18.2 Å². The zero-order chi connectivity index (χ0) is 22.9. The number of amides is 2. The summed E-state index contributed by atoms with van der Waals surface area (Å²) >= 11 is 5.93. The normalized spacial score (nSPS) is 20.8. The number of benzene rings is 2. The highest BCUT2D eigenvalue weighted by atomic mass is 35.5. The van der Waals surface area contributed by atoms with Gasteiger partial charge < -0.3 is 4.74 Å². The van der Waals surface area contributed by atoms with Crippen molar-refractivity contribution < 1.29 is 27.5 Å². The molecule has 2 aromatic rings. The third-order valence-electron chi connectivity index (χ3n) is 5.62. The summed E-state index contributed by atoms with van der Waals surface area (Å²) < 4.78 is 40.8. The van der Waals surface area contributed by atoms with E-state index in [1.165, 1.54) is 12.1 Å². The Balaban J connectivity index is 1.35. The summed E-state index contributed by atoms with van der Waals surface area (Å²) in [5.41, 5.74) is 1.39. The molecule has 0 aromatic heterocycles. The molecule has 0 spiro atoms. The van der Waals surface area contributed by atoms with Crippen LogP contribution in [-0.2, 0) is 16.1 Å². The van der Waals surface area contributed by atoms with Gasteiger partial charge in [0, 0.05) is 37.7 Å². The molecule has 0 unspecified atom stereocenters. The quantitative estimate of drug-likeness (QED) is 0.628. The summed E-state index contributed by atoms with van der Waals surface area (Å²) in [7, 11) is 0. The van der Waals surface area contributed by atoms with Gasteiger partial charge in [0.25, 0.3) is 5.91 Å². The fourth-order valence-electron chi connectivity index (χ4n) is 4.05. The van der Waals surface area contributed by atoms with Crippen molar-refractivity contribution in [3.05, 3.63) is 59.1 Å². The summed E-state index contributed by atoms with van der Waals surface area (Å²) in [5.74, 6) is -1.13. The molecule has 170 valence electrons. The molecule has 6 nitrogen and oxygen atoms in total. The summed E-state index contributed by atoms with van der Waals surface area (Å²) in [5, 5.41) is 0.690. The first-order valence-electron chi connectivity index (χ1n) is 10.1. The van der Waals surface area contributed by atoms with E-state index in [2.05, 4.69) is 9.64 Å². The van der Waals surface area contributed by atoms with Gasteiger partial charge in [-0.05, 0) is 42.0 Å². The van der Waals surface area contributed by atoms with E-state index in [0.717, 1.165) is 42.2 Å². The average molecular weight is 468 g/mol. The van der Waals surface area contributed by atoms with Gasteiger partial charge in [-0.15, -0.1) is 13.2 Å². The molecular weight excluding hydrogens is 447 g/mol. The van der Waals surface area contributed by atoms with Gasteiger partial charge in [-0.3, -0.25) is 19.4 Å². The molecule has 2 aromatic carbocycles. The third-order valence-corrected chi connectivity index (χ3v) is 5.87. The van der Waals surface area contributed by atoms with Crippen molar-refractivity contribution in [1.29, 1.82) is 0 Å². The van der Waals surface area contributed by atoms with Crippen molar-refractivity contribution in [1.82, 2.24) is 9.80 Å². The zero-order valence-electron chi connectivity index (χ0n) is 17.0. The lowest BCUT2D eigenvalue weighted by molar-refractivity contribution is -0.274. The molecule has 2 heterocycles. The van der Waals surface area contributed by atoms with Crippen LogP contribution in [0.3, 0.4) is 0 Å². The number of hydrogen-bond acceptors (Lipinski definition) is 5. The number of carbonyl (C=O) groups excluding carboxylic acids is 2. The predicted octanol–water partition coefficient (Wildman–Crippen LogP) is 3.69. The minimum Gasteiger partial charge on any atom is -0.406 e. The Labute approximate surface area is 188 Å². The van der Waals surface area contributed by atoms with E-state index >= 15 is 0 Å². The van der Waals surface area contributed by atoms with Crippen LogP contribution >= 0.6 is 11.6 Å². The van der Waals surface area contributed by atoms with E-state index in [4.69, 9.17) is 11.6 Å². The first-order chi connectivity index (χ1) is 15.2. The first-order valence-corrected chi connectivity index (χ1v) is 10.5. The van der Waals surface area contributed by atoms with Gasteiger partial charge in [-0.2, -0.15) is 0 Å². The standard InChI is InChI=1S/C22H21ClF3N3O3/c23-16-3-1-15(2-4-16)14-27-9-11-28(12-10-27)19-13-20(30)29(21(19)31)17-5-7-18(8-6-17)32-22(24,25)26/h1-8,19H,9-14H2/t19-/m0/s1. The summed E-state index contributed by atoms with van der Waals surface area (Å²) in [6.07, 6.45) is -4.75. The largest absolute Gasteiger partial charge is 0.573 e. The molecule has 2 aliphatic rings. The average Bonchev–Trinajstić information content (AvgIpc) is 3.04. The number of piperazine rings is 1. The molecule has 2 amide bonds. The molecule has 1 atom stereocenters. The Hall–Kier alpha value is -2.62. The predicted molar refractivity (Wildman–Crippen MR) is 112 cm³/mol. The SMILES string of the molecule is O=C1C[C@H](N2CCN(Cc3ccc(Cl)cc3)CC2)C(=O)N1c1ccc(OC(F)(F)F)cc1. The Kier molecular flexibility index (Phi) is 6.41. The number of anilines is 1. The number of nitrogens with zero attached hydrogens (tertiary/aromatic N) is 3. The smallest absolute Gasteiger partial charge is 0.406 e. The van der Waals surface area contributed by atoms with Crippen LogP contribution in [0.5, 0.6) is 5.75 Å². The van der Waals surface area contributed by atoms with Crippen molar-refractivity contribution >= 4 is 29.1 Å². The van der Waals surface area contributed by atoms with Crippen LogP contribution in [-0.4, -0.2) is 60.2 Å². The lowest BCUT2D eigenvalue weighted by Crippen LogP contribution is -2.52. The van der Waals surface area contributed by atoms with Crippen LogP contribution in [0.15, 0.2) is 48.5 Å². The van der Waals surface area contributed by atoms with Crippen LogP contribution in [0.1, 0.15) is 12.0 Å². The molecular formula is C22H21ClF3N3O3. The fourth-order valence-corrected chi connectivity index (χ4v) is 4.18. The van der Waals surface area contributed by atoms with Crippen molar-refractivity contribution in [2.24, 2.45) is 0 Å². The highest BCUT2D eigenvalue weighted by molar-refractivity contribution is 6.30. The summed E-state index contributed by atoms with van der Waals surface area (Å²) in [6, 6.07) is 11.9. The molecule has 10 heteroatoms. The number of alkyl halides is 3. The van der Waals surface area contributed by atoms with Crippen LogP contribution in [0.4, 0.5) is 18.9 Å². The van der Waals surface area contributed by atoms with Crippen LogP contribution in [0.2, 0.25) is 5.02 Å². The van der Waals surface area contributed by atoms with Crippen molar-refractivity contribution in [2.45, 2.75) is 25.4 Å². The van der Waals surface area contributed by atoms with Gasteiger partial charge in [-0.1, -0.05) is 23.7 Å². The topological polar surface area (TPSA) is 53.1 Å². The number of rotatable bonds is 5. The molecule has 32 heavy (non-hydrogen) atoms. The molecule has 2 aliphatic heterocycles. The maximum Gasteiger partial charge on any atom is 0.573 e. The van der Waals surface area contributed by atoms with E-state index in [-0.39, 0.29) is 23.9 Å². The highest BCUT2D eigenvalue weighted by Gasteiger charge is 2.43. The summed E-state index contributed by atoms with van der Waals surface area (Å²) in [4.78, 5) is 30.8. The first kappa shape index (κ1) is 22.6. The second kappa shape index (κ2) is 9.09. The maximum absolute atomic E-state index is 13.0. The van der Waals surface area contributed by atoms with Crippen LogP contribution in [0, 0.1) is 0 Å². The van der Waals surface area contributed by atoms with E-state index in [0.29, 0.717) is 18.1 Å². The zero-order valence-corrected chi connectivity index (χ0v) is 17.8. The van der Waals surface area contributed by atoms with Crippen molar-refractivity contribution in [3.8, 4) is 5.75 Å². The van der Waals surface area contributed by atoms with Crippen LogP contribution < -0.4 is 9.64 Å². The number of imide groups is 1. The second-order valence-corrected chi connectivity index (χ2v) is 8.20. The monoisotopic (exact) mass is 467 g/mol. The van der Waals surface area contributed by atoms with Crippen LogP contribution in [0.25, 0.3) is 0 Å².